The zero-order chi connectivity index (χ0) is 13.9. The summed E-state index contributed by atoms with van der Waals surface area (Å²) in [5, 5.41) is 0. The van der Waals surface area contributed by atoms with Crippen molar-refractivity contribution in [1.29, 1.82) is 0 Å². The maximum atomic E-state index is 5.76. The Morgan fingerprint density at radius 2 is 1.75 bits per heavy atom. The quantitative estimate of drug-likeness (QED) is 0.861. The fourth-order valence-electron chi connectivity index (χ4n) is 2.97. The van der Waals surface area contributed by atoms with Crippen LogP contribution in [0.1, 0.15) is 29.0 Å². The van der Waals surface area contributed by atoms with Crippen LogP contribution in [-0.4, -0.2) is 18.0 Å². The average Bonchev–Trinajstić information content (AvgIpc) is 2.91. The highest BCUT2D eigenvalue weighted by molar-refractivity contribution is 5.40. The number of nitrogens with zero attached hydrogens (tertiary/aromatic N) is 1. The van der Waals surface area contributed by atoms with Crippen molar-refractivity contribution in [1.82, 2.24) is 4.90 Å². The van der Waals surface area contributed by atoms with Gasteiger partial charge in [-0.2, -0.15) is 0 Å². The van der Waals surface area contributed by atoms with Crippen LogP contribution in [0.25, 0.3) is 0 Å². The van der Waals surface area contributed by atoms with Crippen LogP contribution in [0.2, 0.25) is 0 Å². The van der Waals surface area contributed by atoms with Gasteiger partial charge in [0.05, 0.1) is 0 Å². The first-order valence-corrected chi connectivity index (χ1v) is 7.34. The molecule has 0 aliphatic carbocycles. The standard InChI is InChI=1S/C18H22N2/c1-14-2-4-15(5-3-14)12-20-11-10-17(13-20)16-6-8-18(19)9-7-16/h2-9,17H,10-13,19H2,1H3. The molecule has 1 unspecified atom stereocenters. The maximum Gasteiger partial charge on any atom is 0.0314 e. The number of nitrogens with two attached hydrogens (primary N) is 1. The Labute approximate surface area is 121 Å². The summed E-state index contributed by atoms with van der Waals surface area (Å²) in [7, 11) is 0. The molecule has 1 aliphatic heterocycles. The number of benzene rings is 2. The lowest BCUT2D eigenvalue weighted by molar-refractivity contribution is 0.327. The topological polar surface area (TPSA) is 29.3 Å². The van der Waals surface area contributed by atoms with Gasteiger partial charge in [-0.3, -0.25) is 4.90 Å². The molecule has 104 valence electrons. The van der Waals surface area contributed by atoms with Crippen LogP contribution >= 0.6 is 0 Å². The van der Waals surface area contributed by atoms with E-state index in [1.807, 2.05) is 12.1 Å². The minimum atomic E-state index is 0.654. The second-order valence-corrected chi connectivity index (χ2v) is 5.87. The number of anilines is 1. The normalized spacial score (nSPS) is 19.4. The Morgan fingerprint density at radius 1 is 1.05 bits per heavy atom. The Kier molecular flexibility index (Phi) is 3.75. The van der Waals surface area contributed by atoms with Gasteiger partial charge in [-0.15, -0.1) is 0 Å². The van der Waals surface area contributed by atoms with Crippen molar-refractivity contribution in [3.63, 3.8) is 0 Å². The first-order chi connectivity index (χ1) is 9.70. The van der Waals surface area contributed by atoms with Crippen molar-refractivity contribution in [2.75, 3.05) is 18.8 Å². The fourth-order valence-corrected chi connectivity index (χ4v) is 2.97. The molecule has 2 heteroatoms. The van der Waals surface area contributed by atoms with Gasteiger partial charge in [0.25, 0.3) is 0 Å². The number of aryl methyl sites for hydroxylation is 1. The molecule has 1 heterocycles. The van der Waals surface area contributed by atoms with E-state index < -0.39 is 0 Å². The molecule has 2 aromatic rings. The van der Waals surface area contributed by atoms with Crippen LogP contribution in [0, 0.1) is 6.92 Å². The summed E-state index contributed by atoms with van der Waals surface area (Å²) in [6.07, 6.45) is 1.25. The lowest BCUT2D eigenvalue weighted by Crippen LogP contribution is -2.19. The van der Waals surface area contributed by atoms with E-state index in [1.165, 1.54) is 29.7 Å². The third-order valence-electron chi connectivity index (χ3n) is 4.21. The fraction of sp³-hybridized carbons (Fsp3) is 0.333. The Hall–Kier alpha value is -1.80. The molecule has 2 N–H and O–H groups in total. The van der Waals surface area contributed by atoms with Crippen LogP contribution in [0.3, 0.4) is 0 Å². The van der Waals surface area contributed by atoms with Crippen molar-refractivity contribution in [2.45, 2.75) is 25.8 Å². The first kappa shape index (κ1) is 13.2. The SMILES string of the molecule is Cc1ccc(CN2CCC(c3ccc(N)cc3)C2)cc1. The van der Waals surface area contributed by atoms with Crippen LogP contribution in [-0.2, 0) is 6.54 Å². The highest BCUT2D eigenvalue weighted by Gasteiger charge is 2.23. The Bertz CT molecular complexity index is 557. The molecule has 20 heavy (non-hydrogen) atoms. The maximum absolute atomic E-state index is 5.76. The number of hydrogen-bond donors (Lipinski definition) is 1. The lowest BCUT2D eigenvalue weighted by atomic mass is 9.98. The molecule has 0 radical (unpaired) electrons. The largest absolute Gasteiger partial charge is 0.399 e. The molecule has 0 aromatic heterocycles. The molecule has 1 saturated heterocycles. The third kappa shape index (κ3) is 3.02. The van der Waals surface area contributed by atoms with Crippen molar-refractivity contribution in [3.05, 3.63) is 65.2 Å². The van der Waals surface area contributed by atoms with E-state index >= 15 is 0 Å². The van der Waals surface area contributed by atoms with E-state index in [4.69, 9.17) is 5.73 Å². The molecule has 1 fully saturated rings. The molecule has 0 saturated carbocycles. The Morgan fingerprint density at radius 3 is 2.45 bits per heavy atom. The van der Waals surface area contributed by atoms with Crippen LogP contribution in [0.15, 0.2) is 48.5 Å². The van der Waals surface area contributed by atoms with E-state index in [-0.39, 0.29) is 0 Å². The molecule has 2 aromatic carbocycles. The number of hydrogen-bond acceptors (Lipinski definition) is 2. The molecule has 0 amide bonds. The highest BCUT2D eigenvalue weighted by Crippen LogP contribution is 2.28. The summed E-state index contributed by atoms with van der Waals surface area (Å²) in [5.41, 5.74) is 10.8. The Balaban J connectivity index is 1.62. The highest BCUT2D eigenvalue weighted by atomic mass is 15.1. The van der Waals surface area contributed by atoms with Gasteiger partial charge in [0.1, 0.15) is 0 Å². The van der Waals surface area contributed by atoms with Gasteiger partial charge >= 0.3 is 0 Å². The van der Waals surface area contributed by atoms with Gasteiger partial charge in [0.15, 0.2) is 0 Å². The number of nitrogen functional groups attached to an aromatic ring is 1. The van der Waals surface area contributed by atoms with Gasteiger partial charge in [-0.1, -0.05) is 42.0 Å². The summed E-state index contributed by atoms with van der Waals surface area (Å²) in [6.45, 7) is 5.53. The van der Waals surface area contributed by atoms with Gasteiger partial charge in [0.2, 0.25) is 0 Å². The van der Waals surface area contributed by atoms with Gasteiger partial charge in [-0.25, -0.2) is 0 Å². The summed E-state index contributed by atoms with van der Waals surface area (Å²) in [6, 6.07) is 17.3. The first-order valence-electron chi connectivity index (χ1n) is 7.34. The zero-order valence-electron chi connectivity index (χ0n) is 12.0. The van der Waals surface area contributed by atoms with Gasteiger partial charge < -0.3 is 5.73 Å². The molecule has 1 atom stereocenters. The second kappa shape index (κ2) is 5.68. The van der Waals surface area contributed by atoms with Crippen LogP contribution in [0.5, 0.6) is 0 Å². The summed E-state index contributed by atoms with van der Waals surface area (Å²) in [5.74, 6) is 0.654. The smallest absolute Gasteiger partial charge is 0.0314 e. The second-order valence-electron chi connectivity index (χ2n) is 5.87. The molecule has 2 nitrogen and oxygen atoms in total. The van der Waals surface area contributed by atoms with Crippen LogP contribution in [0.4, 0.5) is 5.69 Å². The van der Waals surface area contributed by atoms with E-state index in [0.717, 1.165) is 18.8 Å². The monoisotopic (exact) mass is 266 g/mol. The molecule has 1 aliphatic rings. The lowest BCUT2D eigenvalue weighted by Gasteiger charge is -2.16. The average molecular weight is 266 g/mol. The summed E-state index contributed by atoms with van der Waals surface area (Å²) < 4.78 is 0. The predicted octanol–water partition coefficient (Wildman–Crippen LogP) is 3.57. The minimum Gasteiger partial charge on any atom is -0.399 e. The summed E-state index contributed by atoms with van der Waals surface area (Å²) in [4.78, 5) is 2.55. The van der Waals surface area contributed by atoms with E-state index in [1.54, 1.807) is 0 Å². The van der Waals surface area contributed by atoms with E-state index in [2.05, 4.69) is 48.2 Å². The van der Waals surface area contributed by atoms with Crippen molar-refractivity contribution >= 4 is 5.69 Å². The molecular weight excluding hydrogens is 244 g/mol. The molecular formula is C18H22N2. The number of rotatable bonds is 3. The van der Waals surface area contributed by atoms with Crippen molar-refractivity contribution in [2.24, 2.45) is 0 Å². The predicted molar refractivity (Wildman–Crippen MR) is 84.7 cm³/mol. The van der Waals surface area contributed by atoms with Crippen molar-refractivity contribution < 1.29 is 0 Å². The minimum absolute atomic E-state index is 0.654. The van der Waals surface area contributed by atoms with Gasteiger partial charge in [0, 0.05) is 18.8 Å². The third-order valence-corrected chi connectivity index (χ3v) is 4.21. The molecule has 3 rings (SSSR count). The summed E-state index contributed by atoms with van der Waals surface area (Å²) >= 11 is 0. The molecule has 0 bridgehead atoms. The molecule has 0 spiro atoms. The van der Waals surface area contributed by atoms with E-state index in [9.17, 15) is 0 Å². The number of likely N-dealkylation sites (tertiary alicyclic amines) is 1. The van der Waals surface area contributed by atoms with Gasteiger partial charge in [-0.05, 0) is 49.1 Å². The van der Waals surface area contributed by atoms with Crippen LogP contribution < -0.4 is 5.73 Å². The van der Waals surface area contributed by atoms with Crippen molar-refractivity contribution in [3.8, 4) is 0 Å². The zero-order valence-corrected chi connectivity index (χ0v) is 12.0. The van der Waals surface area contributed by atoms with E-state index in [0.29, 0.717) is 5.92 Å².